The fraction of sp³-hybridized carbons (Fsp3) is 0.217. The highest BCUT2D eigenvalue weighted by Gasteiger charge is 2.24. The molecule has 29 heavy (non-hydrogen) atoms. The summed E-state index contributed by atoms with van der Waals surface area (Å²) < 4.78 is 10.8. The minimum absolute atomic E-state index is 0.130. The van der Waals surface area contributed by atoms with Crippen molar-refractivity contribution in [2.45, 2.75) is 25.9 Å². The van der Waals surface area contributed by atoms with Crippen molar-refractivity contribution in [3.05, 3.63) is 60.2 Å². The van der Waals surface area contributed by atoms with Crippen LogP contribution < -0.4 is 20.1 Å². The Kier molecular flexibility index (Phi) is 4.84. The summed E-state index contributed by atoms with van der Waals surface area (Å²) in [4.78, 5) is 24.6. The average Bonchev–Trinajstić information content (AvgIpc) is 2.73. The minimum atomic E-state index is -0.532. The lowest BCUT2D eigenvalue weighted by Gasteiger charge is -2.24. The van der Waals surface area contributed by atoms with E-state index in [0.717, 1.165) is 22.1 Å². The van der Waals surface area contributed by atoms with Gasteiger partial charge in [0.25, 0.3) is 5.91 Å². The first-order chi connectivity index (χ1) is 13.9. The Hall–Kier alpha value is -3.54. The van der Waals surface area contributed by atoms with E-state index in [1.54, 1.807) is 32.2 Å². The SMILES string of the molecule is COc1ccc2cc([C@H](C)C(=O)Nc3ccc4c(c3)NC(=O)[C@H](C)O4)ccc2c1. The lowest BCUT2D eigenvalue weighted by atomic mass is 9.97. The van der Waals surface area contributed by atoms with Gasteiger partial charge in [-0.15, -0.1) is 0 Å². The van der Waals surface area contributed by atoms with Crippen LogP contribution in [0, 0.1) is 0 Å². The first-order valence-electron chi connectivity index (χ1n) is 9.45. The smallest absolute Gasteiger partial charge is 0.265 e. The lowest BCUT2D eigenvalue weighted by Crippen LogP contribution is -2.34. The van der Waals surface area contributed by atoms with E-state index in [-0.39, 0.29) is 17.7 Å². The summed E-state index contributed by atoms with van der Waals surface area (Å²) in [6.45, 7) is 3.56. The fourth-order valence-corrected chi connectivity index (χ4v) is 3.33. The second-order valence-corrected chi connectivity index (χ2v) is 7.14. The summed E-state index contributed by atoms with van der Waals surface area (Å²) >= 11 is 0. The molecule has 0 saturated carbocycles. The molecule has 4 rings (SSSR count). The molecule has 1 heterocycles. The molecule has 3 aromatic rings. The molecule has 2 amide bonds. The largest absolute Gasteiger partial charge is 0.497 e. The number of hydrogen-bond donors (Lipinski definition) is 2. The van der Waals surface area contributed by atoms with E-state index in [4.69, 9.17) is 9.47 Å². The number of nitrogens with one attached hydrogen (secondary N) is 2. The van der Waals surface area contributed by atoms with Gasteiger partial charge in [0.05, 0.1) is 18.7 Å². The summed E-state index contributed by atoms with van der Waals surface area (Å²) in [7, 11) is 1.64. The van der Waals surface area contributed by atoms with Gasteiger partial charge in [-0.25, -0.2) is 0 Å². The Morgan fingerprint density at radius 2 is 1.86 bits per heavy atom. The van der Waals surface area contributed by atoms with Crippen molar-refractivity contribution < 1.29 is 19.1 Å². The molecule has 1 aliphatic heterocycles. The Bertz CT molecular complexity index is 1110. The number of carbonyl (C=O) groups is 2. The minimum Gasteiger partial charge on any atom is -0.497 e. The Labute approximate surface area is 168 Å². The zero-order valence-corrected chi connectivity index (χ0v) is 16.5. The zero-order valence-electron chi connectivity index (χ0n) is 16.5. The topological polar surface area (TPSA) is 76.7 Å². The number of amides is 2. The standard InChI is InChI=1S/C23H22N2O4/c1-13(15-4-5-17-11-19(28-3)8-6-16(17)10-15)22(26)24-18-7-9-21-20(12-18)25-23(27)14(2)29-21/h4-14H,1-3H3,(H,24,26)(H,25,27)/t13-,14-/m0/s1. The molecule has 148 valence electrons. The predicted octanol–water partition coefficient (Wildman–Crippen LogP) is 4.31. The molecular formula is C23H22N2O4. The number of methoxy groups -OCH3 is 1. The molecule has 0 fully saturated rings. The van der Waals surface area contributed by atoms with Crippen molar-refractivity contribution in [2.24, 2.45) is 0 Å². The van der Waals surface area contributed by atoms with Crippen LogP contribution in [0.5, 0.6) is 11.5 Å². The van der Waals surface area contributed by atoms with Gasteiger partial charge in [-0.3, -0.25) is 9.59 Å². The number of benzene rings is 3. The maximum Gasteiger partial charge on any atom is 0.265 e. The predicted molar refractivity (Wildman–Crippen MR) is 113 cm³/mol. The van der Waals surface area contributed by atoms with Gasteiger partial charge in [0.1, 0.15) is 11.5 Å². The van der Waals surface area contributed by atoms with Crippen molar-refractivity contribution in [1.29, 1.82) is 0 Å². The number of hydrogen-bond acceptors (Lipinski definition) is 4. The Morgan fingerprint density at radius 3 is 2.66 bits per heavy atom. The molecule has 1 aliphatic rings. The summed E-state index contributed by atoms with van der Waals surface area (Å²) in [6, 6.07) is 17.0. The van der Waals surface area contributed by atoms with Crippen LogP contribution in [0.2, 0.25) is 0 Å². The summed E-state index contributed by atoms with van der Waals surface area (Å²) in [5.41, 5.74) is 2.08. The van der Waals surface area contributed by atoms with Gasteiger partial charge in [-0.05, 0) is 60.5 Å². The molecule has 0 spiro atoms. The monoisotopic (exact) mass is 390 g/mol. The van der Waals surface area contributed by atoms with Crippen molar-refractivity contribution in [3.8, 4) is 11.5 Å². The summed E-state index contributed by atoms with van der Waals surface area (Å²) in [6.07, 6.45) is -0.532. The number of fused-ring (bicyclic) bond motifs is 2. The van der Waals surface area contributed by atoms with Crippen LogP contribution in [-0.2, 0) is 9.59 Å². The highest BCUT2D eigenvalue weighted by Crippen LogP contribution is 2.33. The lowest BCUT2D eigenvalue weighted by molar-refractivity contribution is -0.122. The normalized spacial score (nSPS) is 16.4. The highest BCUT2D eigenvalue weighted by atomic mass is 16.5. The van der Waals surface area contributed by atoms with Crippen LogP contribution in [0.3, 0.4) is 0 Å². The fourth-order valence-electron chi connectivity index (χ4n) is 3.33. The molecule has 0 aromatic heterocycles. The highest BCUT2D eigenvalue weighted by molar-refractivity contribution is 6.00. The van der Waals surface area contributed by atoms with Crippen molar-refractivity contribution in [2.75, 3.05) is 17.7 Å². The Balaban J connectivity index is 1.52. The van der Waals surface area contributed by atoms with Crippen molar-refractivity contribution in [3.63, 3.8) is 0 Å². The second kappa shape index (κ2) is 7.47. The molecular weight excluding hydrogens is 368 g/mol. The molecule has 3 aromatic carbocycles. The van der Waals surface area contributed by atoms with E-state index in [9.17, 15) is 9.59 Å². The molecule has 0 saturated heterocycles. The van der Waals surface area contributed by atoms with Crippen LogP contribution in [0.1, 0.15) is 25.3 Å². The molecule has 6 nitrogen and oxygen atoms in total. The Morgan fingerprint density at radius 1 is 1.10 bits per heavy atom. The van der Waals surface area contributed by atoms with Gasteiger partial charge in [-0.2, -0.15) is 0 Å². The quantitative estimate of drug-likeness (QED) is 0.696. The van der Waals surface area contributed by atoms with Crippen molar-refractivity contribution in [1.82, 2.24) is 0 Å². The van der Waals surface area contributed by atoms with Gasteiger partial charge >= 0.3 is 0 Å². The molecule has 0 radical (unpaired) electrons. The van der Waals surface area contributed by atoms with Crippen molar-refractivity contribution >= 4 is 34.0 Å². The van der Waals surface area contributed by atoms with E-state index in [2.05, 4.69) is 10.6 Å². The first kappa shape index (κ1) is 18.8. The molecule has 2 N–H and O–H groups in total. The molecule has 6 heteroatoms. The third kappa shape index (κ3) is 3.74. The molecule has 0 unspecified atom stereocenters. The zero-order chi connectivity index (χ0) is 20.5. The third-order valence-electron chi connectivity index (χ3n) is 5.14. The van der Waals surface area contributed by atoms with Gasteiger partial charge in [0, 0.05) is 5.69 Å². The van der Waals surface area contributed by atoms with E-state index in [1.165, 1.54) is 0 Å². The maximum absolute atomic E-state index is 12.8. The number of rotatable bonds is 4. The van der Waals surface area contributed by atoms with Crippen LogP contribution in [0.4, 0.5) is 11.4 Å². The second-order valence-electron chi connectivity index (χ2n) is 7.14. The first-order valence-corrected chi connectivity index (χ1v) is 9.45. The van der Waals surface area contributed by atoms with E-state index in [0.29, 0.717) is 17.1 Å². The maximum atomic E-state index is 12.8. The van der Waals surface area contributed by atoms with Crippen LogP contribution in [0.25, 0.3) is 10.8 Å². The van der Waals surface area contributed by atoms with E-state index in [1.807, 2.05) is 43.3 Å². The number of carbonyl (C=O) groups excluding carboxylic acids is 2. The number of anilines is 2. The molecule has 0 bridgehead atoms. The summed E-state index contributed by atoms with van der Waals surface area (Å²) in [5.74, 6) is 0.710. The summed E-state index contributed by atoms with van der Waals surface area (Å²) in [5, 5.41) is 7.81. The van der Waals surface area contributed by atoms with Crippen LogP contribution >= 0.6 is 0 Å². The third-order valence-corrected chi connectivity index (χ3v) is 5.14. The van der Waals surface area contributed by atoms with Gasteiger partial charge in [0.2, 0.25) is 5.91 Å². The van der Waals surface area contributed by atoms with Crippen LogP contribution in [0.15, 0.2) is 54.6 Å². The molecule has 0 aliphatic carbocycles. The van der Waals surface area contributed by atoms with E-state index < -0.39 is 6.10 Å². The van der Waals surface area contributed by atoms with Crippen LogP contribution in [-0.4, -0.2) is 25.0 Å². The van der Waals surface area contributed by atoms with Gasteiger partial charge < -0.3 is 20.1 Å². The van der Waals surface area contributed by atoms with E-state index >= 15 is 0 Å². The number of ether oxygens (including phenoxy) is 2. The van der Waals surface area contributed by atoms with Gasteiger partial charge in [-0.1, -0.05) is 24.3 Å². The molecule has 2 atom stereocenters. The van der Waals surface area contributed by atoms with Gasteiger partial charge in [0.15, 0.2) is 6.10 Å². The average molecular weight is 390 g/mol.